The number of aromatic nitrogens is 2. The number of imidazole rings is 1. The predicted molar refractivity (Wildman–Crippen MR) is 118 cm³/mol. The molecule has 0 radical (unpaired) electrons. The zero-order chi connectivity index (χ0) is 26.7. The third-order valence-electron chi connectivity index (χ3n) is 4.73. The first kappa shape index (κ1) is 29.0. The lowest BCUT2D eigenvalue weighted by molar-refractivity contribution is -0.143. The van der Waals surface area contributed by atoms with Gasteiger partial charge in [-0.2, -0.15) is 0 Å². The monoisotopic (exact) mass is 498 g/mol. The summed E-state index contributed by atoms with van der Waals surface area (Å²) in [6, 6.07) is -5.82. The summed E-state index contributed by atoms with van der Waals surface area (Å²) in [4.78, 5) is 77.8. The van der Waals surface area contributed by atoms with Gasteiger partial charge in [0.15, 0.2) is 0 Å². The number of nitrogens with two attached hydrogens (primary N) is 3. The maximum atomic E-state index is 12.9. The van der Waals surface area contributed by atoms with Crippen molar-refractivity contribution in [1.82, 2.24) is 25.9 Å². The van der Waals surface area contributed by atoms with Crippen molar-refractivity contribution >= 4 is 35.5 Å². The van der Waals surface area contributed by atoms with Crippen LogP contribution in [0.4, 0.5) is 0 Å². The number of rotatable bonds is 15. The van der Waals surface area contributed by atoms with Gasteiger partial charge in [-0.15, -0.1) is 0 Å². The first-order valence-corrected chi connectivity index (χ1v) is 10.4. The predicted octanol–water partition coefficient (Wildman–Crippen LogP) is -4.66. The molecule has 0 saturated heterocycles. The van der Waals surface area contributed by atoms with Gasteiger partial charge in [0.25, 0.3) is 0 Å². The fraction of sp³-hybridized carbons (Fsp3) is 0.526. The standard InChI is InChI=1S/C19H30N8O8/c1-8(28)15(18(33)25-11(19(34)35)2-3-13(21)29)27-17(32)12(4-9-6-23-7-24-9)26-16(31)10(20)5-14(22)30/h6-8,10-12,15,28H,2-5,20H2,1H3,(H2,21,29)(H2,22,30)(H,23,24)(H,25,33)(H,26,31)(H,27,32)(H,34,35). The smallest absolute Gasteiger partial charge is 0.326 e. The van der Waals surface area contributed by atoms with Crippen LogP contribution in [0.15, 0.2) is 12.5 Å². The Kier molecular flexibility index (Phi) is 11.3. The van der Waals surface area contributed by atoms with E-state index in [0.29, 0.717) is 5.69 Å². The second kappa shape index (κ2) is 13.6. The first-order valence-electron chi connectivity index (χ1n) is 10.4. The van der Waals surface area contributed by atoms with Crippen molar-refractivity contribution in [2.75, 3.05) is 0 Å². The van der Waals surface area contributed by atoms with E-state index in [1.165, 1.54) is 19.4 Å². The summed E-state index contributed by atoms with van der Waals surface area (Å²) >= 11 is 0. The Morgan fingerprint density at radius 3 is 2.11 bits per heavy atom. The molecule has 0 aliphatic carbocycles. The molecule has 1 heterocycles. The third kappa shape index (κ3) is 10.2. The number of nitrogens with one attached hydrogen (secondary N) is 4. The van der Waals surface area contributed by atoms with E-state index in [9.17, 15) is 39.0 Å². The van der Waals surface area contributed by atoms with Crippen LogP contribution in [0.25, 0.3) is 0 Å². The molecule has 0 spiro atoms. The van der Waals surface area contributed by atoms with Gasteiger partial charge in [-0.05, 0) is 13.3 Å². The molecule has 5 atom stereocenters. The molecule has 16 nitrogen and oxygen atoms in total. The third-order valence-corrected chi connectivity index (χ3v) is 4.73. The lowest BCUT2D eigenvalue weighted by Gasteiger charge is -2.26. The molecule has 0 fully saturated rings. The SMILES string of the molecule is CC(O)C(NC(=O)C(Cc1cnc[nH]1)NC(=O)C(N)CC(N)=O)C(=O)NC(CCC(N)=O)C(=O)O. The van der Waals surface area contributed by atoms with Crippen molar-refractivity contribution < 1.29 is 39.0 Å². The minimum Gasteiger partial charge on any atom is -0.480 e. The summed E-state index contributed by atoms with van der Waals surface area (Å²) in [6.45, 7) is 1.18. The number of amides is 5. The van der Waals surface area contributed by atoms with Crippen LogP contribution in [0.5, 0.6) is 0 Å². The van der Waals surface area contributed by atoms with E-state index in [4.69, 9.17) is 17.2 Å². The average molecular weight is 498 g/mol. The second-order valence-corrected chi connectivity index (χ2v) is 7.75. The van der Waals surface area contributed by atoms with Crippen LogP contribution < -0.4 is 33.2 Å². The van der Waals surface area contributed by atoms with Gasteiger partial charge in [-0.25, -0.2) is 9.78 Å². The van der Waals surface area contributed by atoms with Gasteiger partial charge in [0.05, 0.1) is 24.9 Å². The van der Waals surface area contributed by atoms with E-state index >= 15 is 0 Å². The highest BCUT2D eigenvalue weighted by Gasteiger charge is 2.33. The maximum absolute atomic E-state index is 12.9. The van der Waals surface area contributed by atoms with Gasteiger partial charge < -0.3 is 48.3 Å². The minimum atomic E-state index is -1.63. The number of aromatic amines is 1. The summed E-state index contributed by atoms with van der Waals surface area (Å²) in [7, 11) is 0. The molecule has 1 aromatic heterocycles. The van der Waals surface area contributed by atoms with E-state index in [0.717, 1.165) is 0 Å². The average Bonchev–Trinajstić information content (AvgIpc) is 3.26. The van der Waals surface area contributed by atoms with E-state index in [-0.39, 0.29) is 19.3 Å². The number of aliphatic carboxylic acids is 1. The minimum absolute atomic E-state index is 0.134. The van der Waals surface area contributed by atoms with Crippen molar-refractivity contribution in [3.63, 3.8) is 0 Å². The van der Waals surface area contributed by atoms with Crippen LogP contribution >= 0.6 is 0 Å². The van der Waals surface area contributed by atoms with Gasteiger partial charge >= 0.3 is 5.97 Å². The summed E-state index contributed by atoms with van der Waals surface area (Å²) in [5, 5.41) is 26.0. The molecule has 1 rings (SSSR count). The number of carboxylic acid groups (broad SMARTS) is 1. The quantitative estimate of drug-likeness (QED) is 0.111. The Morgan fingerprint density at radius 2 is 1.63 bits per heavy atom. The largest absolute Gasteiger partial charge is 0.480 e. The number of primary amides is 2. The number of H-pyrrole nitrogens is 1. The fourth-order valence-corrected chi connectivity index (χ4v) is 2.88. The zero-order valence-corrected chi connectivity index (χ0v) is 18.9. The molecule has 0 aliphatic heterocycles. The summed E-state index contributed by atoms with van der Waals surface area (Å²) < 4.78 is 0. The number of nitrogens with zero attached hydrogens (tertiary/aromatic N) is 1. The van der Waals surface area contributed by atoms with Gasteiger partial charge in [0, 0.05) is 24.7 Å². The van der Waals surface area contributed by atoms with Gasteiger partial charge in [-0.3, -0.25) is 24.0 Å². The van der Waals surface area contributed by atoms with Crippen molar-refractivity contribution in [2.24, 2.45) is 17.2 Å². The fourth-order valence-electron chi connectivity index (χ4n) is 2.88. The van der Waals surface area contributed by atoms with E-state index in [2.05, 4.69) is 25.9 Å². The van der Waals surface area contributed by atoms with Crippen molar-refractivity contribution in [1.29, 1.82) is 0 Å². The molecule has 0 saturated carbocycles. The summed E-state index contributed by atoms with van der Waals surface area (Å²) in [6.07, 6.45) is -0.0269. The van der Waals surface area contributed by atoms with Gasteiger partial charge in [0.2, 0.25) is 29.5 Å². The molecule has 194 valence electrons. The zero-order valence-electron chi connectivity index (χ0n) is 18.9. The Bertz CT molecular complexity index is 920. The van der Waals surface area contributed by atoms with Crippen LogP contribution in [-0.4, -0.2) is 86.0 Å². The normalized spacial score (nSPS) is 15.1. The molecule has 5 amide bonds. The van der Waals surface area contributed by atoms with Crippen molar-refractivity contribution in [3.05, 3.63) is 18.2 Å². The molecule has 0 bridgehead atoms. The molecule has 35 heavy (non-hydrogen) atoms. The maximum Gasteiger partial charge on any atom is 0.326 e. The Labute approximate surface area is 199 Å². The van der Waals surface area contributed by atoms with Crippen LogP contribution in [0.1, 0.15) is 31.9 Å². The Balaban J connectivity index is 3.01. The molecular formula is C19H30N8O8. The van der Waals surface area contributed by atoms with Gasteiger partial charge in [0.1, 0.15) is 18.1 Å². The summed E-state index contributed by atoms with van der Waals surface area (Å²) in [5.41, 5.74) is 16.1. The number of carbonyl (C=O) groups excluding carboxylic acids is 5. The van der Waals surface area contributed by atoms with E-state index < -0.39 is 72.2 Å². The highest BCUT2D eigenvalue weighted by atomic mass is 16.4. The molecule has 5 unspecified atom stereocenters. The van der Waals surface area contributed by atoms with Crippen molar-refractivity contribution in [2.45, 2.75) is 62.9 Å². The molecular weight excluding hydrogens is 468 g/mol. The molecule has 0 aromatic carbocycles. The molecule has 1 aromatic rings. The number of carboxylic acids is 1. The van der Waals surface area contributed by atoms with Crippen molar-refractivity contribution in [3.8, 4) is 0 Å². The van der Waals surface area contributed by atoms with E-state index in [1.807, 2.05) is 0 Å². The summed E-state index contributed by atoms with van der Waals surface area (Å²) in [5.74, 6) is -5.93. The topological polar surface area (TPSA) is 286 Å². The molecule has 0 aliphatic rings. The number of aliphatic hydroxyl groups is 1. The number of hydrogen-bond donors (Lipinski definition) is 9. The Hall–Kier alpha value is -4.05. The lowest BCUT2D eigenvalue weighted by atomic mass is 10.1. The Morgan fingerprint density at radius 1 is 1.00 bits per heavy atom. The van der Waals surface area contributed by atoms with Crippen LogP contribution in [-0.2, 0) is 35.2 Å². The van der Waals surface area contributed by atoms with Crippen LogP contribution in [0.3, 0.4) is 0 Å². The first-order chi connectivity index (χ1) is 16.3. The number of hydrogen-bond acceptors (Lipinski definition) is 9. The molecule has 12 N–H and O–H groups in total. The highest BCUT2D eigenvalue weighted by Crippen LogP contribution is 2.04. The second-order valence-electron chi connectivity index (χ2n) is 7.75. The lowest BCUT2D eigenvalue weighted by Crippen LogP contribution is -2.60. The number of carbonyl (C=O) groups is 6. The number of aliphatic hydroxyl groups excluding tert-OH is 1. The highest BCUT2D eigenvalue weighted by molar-refractivity contribution is 5.95. The molecule has 16 heteroatoms. The van der Waals surface area contributed by atoms with Gasteiger partial charge in [-0.1, -0.05) is 0 Å². The van der Waals surface area contributed by atoms with E-state index in [1.54, 1.807) is 0 Å². The van der Waals surface area contributed by atoms with Crippen LogP contribution in [0, 0.1) is 0 Å². The van der Waals surface area contributed by atoms with Crippen LogP contribution in [0.2, 0.25) is 0 Å².